The van der Waals surface area contributed by atoms with E-state index in [0.717, 1.165) is 12.2 Å². The number of nitrogens with one attached hydrogen (secondary N) is 2. The van der Waals surface area contributed by atoms with Gasteiger partial charge in [0.25, 0.3) is 0 Å². The molecular weight excluding hydrogens is 242 g/mol. The molecule has 1 unspecified atom stereocenters. The first-order valence-electron chi connectivity index (χ1n) is 6.59. The van der Waals surface area contributed by atoms with E-state index >= 15 is 0 Å². The molecule has 1 aromatic carbocycles. The van der Waals surface area contributed by atoms with E-state index in [0.29, 0.717) is 11.2 Å². The van der Waals surface area contributed by atoms with Gasteiger partial charge < -0.3 is 15.5 Å². The number of likely N-dealkylation sites (tertiary alicyclic amines) is 1. The molecule has 98 valence electrons. The molecule has 0 aliphatic carbocycles. The van der Waals surface area contributed by atoms with Crippen molar-refractivity contribution in [3.8, 4) is 0 Å². The third-order valence-corrected chi connectivity index (χ3v) is 3.36. The molecule has 2 rings (SSSR count). The molecule has 3 nitrogen and oxygen atoms in total. The largest absolute Gasteiger partial charge is 0.359 e. The van der Waals surface area contributed by atoms with Crippen LogP contribution >= 0.6 is 12.2 Å². The van der Waals surface area contributed by atoms with E-state index in [1.807, 2.05) is 30.3 Å². The first-order valence-corrected chi connectivity index (χ1v) is 7.00. The van der Waals surface area contributed by atoms with Gasteiger partial charge in [-0.25, -0.2) is 0 Å². The van der Waals surface area contributed by atoms with E-state index < -0.39 is 0 Å². The highest BCUT2D eigenvalue weighted by molar-refractivity contribution is 7.80. The Bertz CT molecular complexity index is 374. The Morgan fingerprint density at radius 3 is 2.61 bits per heavy atom. The van der Waals surface area contributed by atoms with Crippen molar-refractivity contribution in [1.82, 2.24) is 10.2 Å². The van der Waals surface area contributed by atoms with Gasteiger partial charge >= 0.3 is 0 Å². The summed E-state index contributed by atoms with van der Waals surface area (Å²) >= 11 is 5.31. The van der Waals surface area contributed by atoms with Crippen molar-refractivity contribution >= 4 is 23.0 Å². The average Bonchev–Trinajstić information content (AvgIpc) is 2.82. The van der Waals surface area contributed by atoms with Crippen LogP contribution in [0.2, 0.25) is 0 Å². The Kier molecular flexibility index (Phi) is 4.96. The molecule has 0 bridgehead atoms. The van der Waals surface area contributed by atoms with Crippen LogP contribution in [-0.4, -0.2) is 35.7 Å². The van der Waals surface area contributed by atoms with Gasteiger partial charge in [-0.1, -0.05) is 18.2 Å². The smallest absolute Gasteiger partial charge is 0.171 e. The van der Waals surface area contributed by atoms with E-state index in [4.69, 9.17) is 12.2 Å². The average molecular weight is 263 g/mol. The Balaban J connectivity index is 1.73. The summed E-state index contributed by atoms with van der Waals surface area (Å²) in [7, 11) is 0. The fourth-order valence-electron chi connectivity index (χ4n) is 2.31. The molecule has 1 aliphatic heterocycles. The summed E-state index contributed by atoms with van der Waals surface area (Å²) in [5.74, 6) is 0. The minimum Gasteiger partial charge on any atom is -0.359 e. The summed E-state index contributed by atoms with van der Waals surface area (Å²) in [6.07, 6.45) is 2.67. The van der Waals surface area contributed by atoms with Gasteiger partial charge in [0.15, 0.2) is 5.11 Å². The van der Waals surface area contributed by atoms with E-state index in [1.54, 1.807) is 0 Å². The van der Waals surface area contributed by atoms with E-state index in [1.165, 1.54) is 25.9 Å². The van der Waals surface area contributed by atoms with Crippen LogP contribution in [0.15, 0.2) is 30.3 Å². The van der Waals surface area contributed by atoms with Crippen LogP contribution in [0.3, 0.4) is 0 Å². The fourth-order valence-corrected chi connectivity index (χ4v) is 2.63. The van der Waals surface area contributed by atoms with E-state index in [-0.39, 0.29) is 0 Å². The van der Waals surface area contributed by atoms with Crippen molar-refractivity contribution in [2.24, 2.45) is 0 Å². The predicted octanol–water partition coefficient (Wildman–Crippen LogP) is 2.46. The molecule has 2 N–H and O–H groups in total. The summed E-state index contributed by atoms with van der Waals surface area (Å²) in [4.78, 5) is 2.49. The maximum absolute atomic E-state index is 5.31. The van der Waals surface area contributed by atoms with Crippen LogP contribution in [0.4, 0.5) is 5.69 Å². The first-order chi connectivity index (χ1) is 8.74. The molecule has 1 aromatic rings. The second-order valence-electron chi connectivity index (χ2n) is 4.87. The summed E-state index contributed by atoms with van der Waals surface area (Å²) < 4.78 is 0. The van der Waals surface area contributed by atoms with Crippen molar-refractivity contribution in [3.63, 3.8) is 0 Å². The fraction of sp³-hybridized carbons (Fsp3) is 0.500. The molecule has 4 heteroatoms. The van der Waals surface area contributed by atoms with Gasteiger partial charge in [0, 0.05) is 18.3 Å². The number of para-hydroxylation sites is 1. The molecule has 1 saturated heterocycles. The highest BCUT2D eigenvalue weighted by atomic mass is 32.1. The zero-order chi connectivity index (χ0) is 12.8. The highest BCUT2D eigenvalue weighted by Crippen LogP contribution is 2.08. The number of rotatable bonds is 4. The highest BCUT2D eigenvalue weighted by Gasteiger charge is 2.14. The second-order valence-corrected chi connectivity index (χ2v) is 5.28. The van der Waals surface area contributed by atoms with Crippen molar-refractivity contribution in [2.75, 3.05) is 25.0 Å². The minimum atomic E-state index is 0.381. The molecule has 1 atom stereocenters. The maximum atomic E-state index is 5.31. The number of benzene rings is 1. The van der Waals surface area contributed by atoms with Crippen molar-refractivity contribution in [3.05, 3.63) is 30.3 Å². The lowest BCUT2D eigenvalue weighted by Gasteiger charge is -2.22. The lowest BCUT2D eigenvalue weighted by atomic mass is 10.3. The topological polar surface area (TPSA) is 27.3 Å². The number of hydrogen-bond donors (Lipinski definition) is 2. The molecule has 0 saturated carbocycles. The third kappa shape index (κ3) is 4.27. The lowest BCUT2D eigenvalue weighted by molar-refractivity contribution is 0.312. The van der Waals surface area contributed by atoms with Crippen LogP contribution in [0.25, 0.3) is 0 Å². The standard InChI is InChI=1S/C14H21N3S/c1-12(11-17-9-5-6-10-17)15-14(18)16-13-7-3-2-4-8-13/h2-4,7-8,12H,5-6,9-11H2,1H3,(H2,15,16,18). The summed E-state index contributed by atoms with van der Waals surface area (Å²) in [6.45, 7) is 5.70. The molecular formula is C14H21N3S. The van der Waals surface area contributed by atoms with E-state index in [2.05, 4.69) is 22.5 Å². The second kappa shape index (κ2) is 6.71. The number of hydrogen-bond acceptors (Lipinski definition) is 2. The first kappa shape index (κ1) is 13.3. The molecule has 18 heavy (non-hydrogen) atoms. The SMILES string of the molecule is CC(CN1CCCC1)NC(=S)Nc1ccccc1. The molecule has 0 amide bonds. The lowest BCUT2D eigenvalue weighted by Crippen LogP contribution is -2.42. The summed E-state index contributed by atoms with van der Waals surface area (Å²) in [5.41, 5.74) is 1.03. The van der Waals surface area contributed by atoms with Crippen LogP contribution in [0.5, 0.6) is 0 Å². The molecule has 1 aliphatic rings. The Morgan fingerprint density at radius 1 is 1.28 bits per heavy atom. The number of nitrogens with zero attached hydrogens (tertiary/aromatic N) is 1. The number of anilines is 1. The van der Waals surface area contributed by atoms with Gasteiger partial charge in [-0.05, 0) is 57.2 Å². The molecule has 0 radical (unpaired) electrons. The predicted molar refractivity (Wildman–Crippen MR) is 80.9 cm³/mol. The quantitative estimate of drug-likeness (QED) is 0.816. The minimum absolute atomic E-state index is 0.381. The maximum Gasteiger partial charge on any atom is 0.171 e. The van der Waals surface area contributed by atoms with Gasteiger partial charge in [0.05, 0.1) is 0 Å². The normalized spacial score (nSPS) is 17.4. The zero-order valence-electron chi connectivity index (χ0n) is 10.9. The molecule has 1 fully saturated rings. The Labute approximate surface area is 115 Å². The van der Waals surface area contributed by atoms with Crippen LogP contribution in [-0.2, 0) is 0 Å². The van der Waals surface area contributed by atoms with Gasteiger partial charge in [-0.3, -0.25) is 0 Å². The van der Waals surface area contributed by atoms with E-state index in [9.17, 15) is 0 Å². The van der Waals surface area contributed by atoms with Gasteiger partial charge in [-0.15, -0.1) is 0 Å². The van der Waals surface area contributed by atoms with Gasteiger partial charge in [-0.2, -0.15) is 0 Å². The zero-order valence-corrected chi connectivity index (χ0v) is 11.7. The van der Waals surface area contributed by atoms with Gasteiger partial charge in [0.1, 0.15) is 0 Å². The number of thiocarbonyl (C=S) groups is 1. The third-order valence-electron chi connectivity index (χ3n) is 3.14. The molecule has 1 heterocycles. The Morgan fingerprint density at radius 2 is 1.94 bits per heavy atom. The summed E-state index contributed by atoms with van der Waals surface area (Å²) in [5, 5.41) is 7.24. The molecule has 0 spiro atoms. The van der Waals surface area contributed by atoms with Crippen LogP contribution < -0.4 is 10.6 Å². The molecule has 0 aromatic heterocycles. The monoisotopic (exact) mass is 263 g/mol. The Hall–Kier alpha value is -1.13. The van der Waals surface area contributed by atoms with Gasteiger partial charge in [0.2, 0.25) is 0 Å². The summed E-state index contributed by atoms with van der Waals surface area (Å²) in [6, 6.07) is 10.4. The van der Waals surface area contributed by atoms with Crippen molar-refractivity contribution in [2.45, 2.75) is 25.8 Å². The van der Waals surface area contributed by atoms with Crippen LogP contribution in [0.1, 0.15) is 19.8 Å². The van der Waals surface area contributed by atoms with Crippen molar-refractivity contribution in [1.29, 1.82) is 0 Å². The van der Waals surface area contributed by atoms with Crippen molar-refractivity contribution < 1.29 is 0 Å². The van der Waals surface area contributed by atoms with Crippen LogP contribution in [0, 0.1) is 0 Å².